The Balaban J connectivity index is 1.61. The summed E-state index contributed by atoms with van der Waals surface area (Å²) in [7, 11) is 3.78. The number of aromatic nitrogens is 1. The number of carbonyl (C=O) groups excluding carboxylic acids is 1. The Morgan fingerprint density at radius 1 is 1.10 bits per heavy atom. The van der Waals surface area contributed by atoms with Crippen LogP contribution in [0.3, 0.4) is 0 Å². The Bertz CT molecular complexity index is 1070. The number of para-hydroxylation sites is 1. The number of nitrogens with zero attached hydrogens (tertiary/aromatic N) is 3. The van der Waals surface area contributed by atoms with E-state index in [1.165, 1.54) is 9.80 Å². The van der Waals surface area contributed by atoms with Gasteiger partial charge in [-0.05, 0) is 30.3 Å². The second-order valence-corrected chi connectivity index (χ2v) is 7.72. The summed E-state index contributed by atoms with van der Waals surface area (Å²) in [6.45, 7) is 4.97. The van der Waals surface area contributed by atoms with Gasteiger partial charge in [0.05, 0.1) is 19.7 Å². The zero-order chi connectivity index (χ0) is 21.1. The van der Waals surface area contributed by atoms with Crippen LogP contribution in [0.2, 0.25) is 0 Å². The number of hydrogen-bond acceptors (Lipinski definition) is 4. The van der Waals surface area contributed by atoms with Crippen molar-refractivity contribution in [3.05, 3.63) is 54.1 Å². The number of carbonyl (C=O) groups is 1. The van der Waals surface area contributed by atoms with Gasteiger partial charge < -0.3 is 19.6 Å². The highest BCUT2D eigenvalue weighted by Crippen LogP contribution is 2.38. The lowest BCUT2D eigenvalue weighted by Crippen LogP contribution is -3.26. The zero-order valence-corrected chi connectivity index (χ0v) is 17.3. The normalized spacial score (nSPS) is 19.4. The predicted octanol–water partition coefficient (Wildman–Crippen LogP) is 0.650. The summed E-state index contributed by atoms with van der Waals surface area (Å²) in [4.78, 5) is 15.4. The first-order valence-corrected chi connectivity index (χ1v) is 10.1. The van der Waals surface area contributed by atoms with Crippen LogP contribution in [0.5, 0.6) is 11.6 Å². The molecule has 1 aliphatic rings. The number of rotatable bonds is 5. The van der Waals surface area contributed by atoms with Crippen LogP contribution in [-0.4, -0.2) is 55.9 Å². The molecule has 8 heteroatoms. The molecular formula is C22H27N5O3+2. The number of likely N-dealkylation sites (N-methyl/N-ethyl adjacent to an activating group) is 1. The molecule has 0 saturated carbocycles. The van der Waals surface area contributed by atoms with E-state index >= 15 is 0 Å². The standard InChI is InChI=1S/C22H25N5O3/c1-25-11-13-26(14-12-25)15-27-19-6-4-3-5-18(19)20(22(27)29)23-24-21(28)16-7-9-17(30-2)10-8-16/h3-10,29H,11-15H2,1-2H3/p+2. The number of hydrogen-bond donors (Lipinski definition) is 3. The van der Waals surface area contributed by atoms with Crippen LogP contribution in [0.1, 0.15) is 10.4 Å². The van der Waals surface area contributed by atoms with E-state index in [4.69, 9.17) is 4.74 Å². The third kappa shape index (κ3) is 4.05. The zero-order valence-electron chi connectivity index (χ0n) is 17.3. The van der Waals surface area contributed by atoms with Gasteiger partial charge in [0.15, 0.2) is 12.4 Å². The van der Waals surface area contributed by atoms with Gasteiger partial charge in [-0.3, -0.25) is 9.36 Å². The Labute approximate surface area is 175 Å². The van der Waals surface area contributed by atoms with Crippen molar-refractivity contribution in [1.82, 2.24) is 4.57 Å². The lowest BCUT2D eigenvalue weighted by molar-refractivity contribution is -1.01. The van der Waals surface area contributed by atoms with E-state index in [2.05, 4.69) is 17.3 Å². The summed E-state index contributed by atoms with van der Waals surface area (Å²) in [5, 5.41) is 19.7. The number of azo groups is 1. The van der Waals surface area contributed by atoms with Crippen LogP contribution >= 0.6 is 0 Å². The highest BCUT2D eigenvalue weighted by Gasteiger charge is 2.24. The van der Waals surface area contributed by atoms with Gasteiger partial charge in [0.1, 0.15) is 31.9 Å². The van der Waals surface area contributed by atoms with Crippen LogP contribution in [0, 0.1) is 0 Å². The van der Waals surface area contributed by atoms with Crippen molar-refractivity contribution >= 4 is 22.5 Å². The van der Waals surface area contributed by atoms with Crippen molar-refractivity contribution in [1.29, 1.82) is 0 Å². The molecule has 4 rings (SSSR count). The van der Waals surface area contributed by atoms with Gasteiger partial charge in [0, 0.05) is 10.9 Å². The van der Waals surface area contributed by atoms with Crippen LogP contribution in [0.4, 0.5) is 5.69 Å². The van der Waals surface area contributed by atoms with Gasteiger partial charge in [0.25, 0.3) is 5.91 Å². The molecule has 1 saturated heterocycles. The van der Waals surface area contributed by atoms with E-state index in [-0.39, 0.29) is 5.88 Å². The van der Waals surface area contributed by atoms with Gasteiger partial charge in [-0.1, -0.05) is 18.2 Å². The molecule has 30 heavy (non-hydrogen) atoms. The van der Waals surface area contributed by atoms with Crippen LogP contribution in [0.25, 0.3) is 10.9 Å². The Hall–Kier alpha value is -3.23. The smallest absolute Gasteiger partial charge is 0.295 e. The molecule has 0 spiro atoms. The molecule has 156 valence electrons. The average Bonchev–Trinajstić information content (AvgIpc) is 3.04. The van der Waals surface area contributed by atoms with E-state index in [0.29, 0.717) is 23.7 Å². The molecule has 2 aromatic carbocycles. The average molecular weight is 409 g/mol. The summed E-state index contributed by atoms with van der Waals surface area (Å²) in [6, 6.07) is 14.4. The van der Waals surface area contributed by atoms with Crippen molar-refractivity contribution < 1.29 is 24.4 Å². The number of fused-ring (bicyclic) bond motifs is 1. The van der Waals surface area contributed by atoms with Crippen LogP contribution < -0.4 is 14.5 Å². The fourth-order valence-electron chi connectivity index (χ4n) is 3.83. The number of piperazine rings is 1. The van der Waals surface area contributed by atoms with Crippen molar-refractivity contribution in [3.63, 3.8) is 0 Å². The first-order chi connectivity index (χ1) is 14.6. The summed E-state index contributed by atoms with van der Waals surface area (Å²) >= 11 is 0. The predicted molar refractivity (Wildman–Crippen MR) is 113 cm³/mol. The Kier molecular flexibility index (Phi) is 5.78. The van der Waals surface area contributed by atoms with Crippen molar-refractivity contribution in [2.45, 2.75) is 6.67 Å². The Morgan fingerprint density at radius 3 is 2.50 bits per heavy atom. The highest BCUT2D eigenvalue weighted by atomic mass is 16.5. The van der Waals surface area contributed by atoms with Gasteiger partial charge in [-0.2, -0.15) is 0 Å². The molecule has 3 N–H and O–H groups in total. The van der Waals surface area contributed by atoms with E-state index in [1.807, 2.05) is 28.8 Å². The third-order valence-corrected chi connectivity index (χ3v) is 5.69. The topological polar surface area (TPSA) is 85.1 Å². The molecule has 3 aromatic rings. The molecule has 0 atom stereocenters. The maximum absolute atomic E-state index is 12.4. The minimum atomic E-state index is -0.471. The number of quaternary nitrogens is 2. The number of amides is 1. The van der Waals surface area contributed by atoms with Crippen LogP contribution in [0.15, 0.2) is 58.8 Å². The largest absolute Gasteiger partial charge is 0.497 e. The lowest BCUT2D eigenvalue weighted by atomic mass is 10.2. The van der Waals surface area contributed by atoms with Crippen molar-refractivity contribution in [2.24, 2.45) is 10.2 Å². The second-order valence-electron chi connectivity index (χ2n) is 7.72. The molecular weight excluding hydrogens is 382 g/mol. The van der Waals surface area contributed by atoms with Gasteiger partial charge in [-0.25, -0.2) is 0 Å². The van der Waals surface area contributed by atoms with E-state index in [9.17, 15) is 9.90 Å². The van der Waals surface area contributed by atoms with E-state index in [0.717, 1.165) is 37.1 Å². The maximum Gasteiger partial charge on any atom is 0.295 e. The fourth-order valence-corrected chi connectivity index (χ4v) is 3.83. The second kappa shape index (κ2) is 8.64. The number of ether oxygens (including phenoxy) is 1. The molecule has 2 heterocycles. The third-order valence-electron chi connectivity index (χ3n) is 5.69. The maximum atomic E-state index is 12.4. The summed E-state index contributed by atoms with van der Waals surface area (Å²) in [5.74, 6) is 0.236. The lowest BCUT2D eigenvalue weighted by Gasteiger charge is -2.27. The Morgan fingerprint density at radius 2 is 1.80 bits per heavy atom. The number of aromatic hydroxyl groups is 1. The molecule has 0 bridgehead atoms. The van der Waals surface area contributed by atoms with Crippen molar-refractivity contribution in [3.8, 4) is 11.6 Å². The minimum absolute atomic E-state index is 0.0428. The van der Waals surface area contributed by atoms with E-state index in [1.54, 1.807) is 31.4 Å². The number of methoxy groups -OCH3 is 1. The van der Waals surface area contributed by atoms with Crippen molar-refractivity contribution in [2.75, 3.05) is 40.3 Å². The van der Waals surface area contributed by atoms with E-state index < -0.39 is 5.91 Å². The van der Waals surface area contributed by atoms with Gasteiger partial charge in [0.2, 0.25) is 5.88 Å². The minimum Gasteiger partial charge on any atom is -0.497 e. The molecule has 8 nitrogen and oxygen atoms in total. The molecule has 1 aromatic heterocycles. The molecule has 0 aliphatic carbocycles. The first-order valence-electron chi connectivity index (χ1n) is 10.1. The summed E-state index contributed by atoms with van der Waals surface area (Å²) in [5.41, 5.74) is 1.62. The molecule has 1 fully saturated rings. The highest BCUT2D eigenvalue weighted by molar-refractivity contribution is 5.97. The SMILES string of the molecule is COc1ccc(C(=O)N=Nc2c(O)n(C[NH+]3CC[NH+](C)CC3)c3ccccc23)cc1. The summed E-state index contributed by atoms with van der Waals surface area (Å²) in [6.07, 6.45) is 0. The first kappa shape index (κ1) is 20.1. The molecule has 1 aliphatic heterocycles. The monoisotopic (exact) mass is 409 g/mol. The molecule has 0 radical (unpaired) electrons. The number of benzene rings is 2. The van der Waals surface area contributed by atoms with Gasteiger partial charge >= 0.3 is 0 Å². The number of nitrogens with one attached hydrogen (secondary N) is 2. The molecule has 1 amide bonds. The van der Waals surface area contributed by atoms with Gasteiger partial charge in [-0.15, -0.1) is 10.2 Å². The quantitative estimate of drug-likeness (QED) is 0.541. The summed E-state index contributed by atoms with van der Waals surface area (Å²) < 4.78 is 6.98. The van der Waals surface area contributed by atoms with Crippen LogP contribution in [-0.2, 0) is 6.67 Å². The molecule has 0 unspecified atom stereocenters. The fraction of sp³-hybridized carbons (Fsp3) is 0.318.